The number of fused-ring (bicyclic) bond motifs is 1. The molecular weight excluding hydrogens is 647 g/mol. The molecule has 0 aliphatic carbocycles. The molecule has 1 N–H and O–H groups in total. The fraction of sp³-hybridized carbons (Fsp3) is 0.267. The Labute approximate surface area is 257 Å². The summed E-state index contributed by atoms with van der Waals surface area (Å²) >= 11 is 0.720. The topological polar surface area (TPSA) is 90.9 Å². The number of carbonyl (C=O) groups is 2. The third-order valence-electron chi connectivity index (χ3n) is 6.04. The van der Waals surface area contributed by atoms with Crippen LogP contribution in [0, 0.1) is 34.5 Å². The van der Waals surface area contributed by atoms with Crippen molar-refractivity contribution in [2.24, 2.45) is 5.41 Å². The van der Waals surface area contributed by atoms with Gasteiger partial charge in [-0.3, -0.25) is 9.36 Å². The molecule has 0 radical (unpaired) electrons. The fourth-order valence-electron chi connectivity index (χ4n) is 3.84. The molecule has 0 aliphatic heterocycles. The molecule has 3 atom stereocenters. The van der Waals surface area contributed by atoms with Crippen LogP contribution in [0.25, 0.3) is 10.1 Å². The minimum absolute atomic E-state index is 0.0426. The molecule has 0 saturated heterocycles. The number of hydrogen-bond acceptors (Lipinski definition) is 7. The second kappa shape index (κ2) is 13.2. The summed E-state index contributed by atoms with van der Waals surface area (Å²) in [6.07, 6.45) is 0. The van der Waals surface area contributed by atoms with Crippen molar-refractivity contribution in [1.82, 2.24) is 5.09 Å². The predicted molar refractivity (Wildman–Crippen MR) is 155 cm³/mol. The van der Waals surface area contributed by atoms with Crippen LogP contribution in [0.15, 0.2) is 54.6 Å². The van der Waals surface area contributed by atoms with Crippen molar-refractivity contribution in [3.63, 3.8) is 0 Å². The van der Waals surface area contributed by atoms with Crippen LogP contribution in [-0.2, 0) is 14.1 Å². The Morgan fingerprint density at radius 2 is 1.51 bits per heavy atom. The highest BCUT2D eigenvalue weighted by atomic mass is 32.1. The first-order valence-electron chi connectivity index (χ1n) is 13.2. The summed E-state index contributed by atoms with van der Waals surface area (Å²) in [4.78, 5) is 24.9. The summed E-state index contributed by atoms with van der Waals surface area (Å²) in [5.74, 6) is -18.0. The van der Waals surface area contributed by atoms with Crippen molar-refractivity contribution in [2.45, 2.75) is 39.6 Å². The van der Waals surface area contributed by atoms with Crippen LogP contribution in [0.5, 0.6) is 11.5 Å². The molecule has 4 aromatic rings. The Morgan fingerprint density at radius 3 is 2.11 bits per heavy atom. The highest BCUT2D eigenvalue weighted by Crippen LogP contribution is 2.58. The second-order valence-electron chi connectivity index (χ2n) is 11.1. The van der Waals surface area contributed by atoms with E-state index in [1.165, 1.54) is 37.3 Å². The van der Waals surface area contributed by atoms with Gasteiger partial charge in [-0.15, -0.1) is 11.3 Å². The van der Waals surface area contributed by atoms with Gasteiger partial charge in [0.15, 0.2) is 0 Å². The zero-order chi connectivity index (χ0) is 33.3. The Hall–Kier alpha value is -3.87. The molecule has 7 nitrogen and oxygen atoms in total. The number of carbonyl (C=O) groups excluding carboxylic acids is 2. The number of esters is 2. The molecule has 0 amide bonds. The normalized spacial score (nSPS) is 14.4. The van der Waals surface area contributed by atoms with Gasteiger partial charge in [-0.25, -0.2) is 27.4 Å². The van der Waals surface area contributed by atoms with Gasteiger partial charge in [-0.05, 0) is 53.6 Å². The van der Waals surface area contributed by atoms with Crippen LogP contribution in [-0.4, -0.2) is 24.6 Å². The third-order valence-corrected chi connectivity index (χ3v) is 9.26. The van der Waals surface area contributed by atoms with E-state index in [1.807, 2.05) is 20.8 Å². The monoisotopic (exact) mass is 673 g/mol. The van der Waals surface area contributed by atoms with Gasteiger partial charge in [-0.1, -0.05) is 45.0 Å². The van der Waals surface area contributed by atoms with Crippen molar-refractivity contribution in [3.8, 4) is 11.5 Å². The SMILES string of the molecule is C[C@H](N[P@](=O)(Oc1ccccc1)C(F)c1ccc2sc(C(=O)Oc3c(F)c(F)c(F)c(F)c3F)cc2c1)C(=O)OCC(C)(C)C. The molecule has 0 spiro atoms. The highest BCUT2D eigenvalue weighted by molar-refractivity contribution is 7.57. The molecular formula is C30H26F6NO6PS. The Morgan fingerprint density at radius 1 is 0.911 bits per heavy atom. The third kappa shape index (κ3) is 7.69. The van der Waals surface area contributed by atoms with Gasteiger partial charge in [0.05, 0.1) is 6.61 Å². The fourth-order valence-corrected chi connectivity index (χ4v) is 6.66. The van der Waals surface area contributed by atoms with E-state index in [0.29, 0.717) is 4.70 Å². The van der Waals surface area contributed by atoms with E-state index in [0.717, 1.165) is 17.4 Å². The number of alkyl halides is 1. The number of hydrogen-bond donors (Lipinski definition) is 1. The summed E-state index contributed by atoms with van der Waals surface area (Å²) in [7, 11) is -4.58. The summed E-state index contributed by atoms with van der Waals surface area (Å²) in [6.45, 7) is 6.89. The molecule has 3 aromatic carbocycles. The number of nitrogens with one attached hydrogen (secondary N) is 1. The number of benzene rings is 3. The average Bonchev–Trinajstić information content (AvgIpc) is 3.43. The largest absolute Gasteiger partial charge is 0.464 e. The smallest absolute Gasteiger partial charge is 0.355 e. The molecule has 0 fully saturated rings. The average molecular weight is 674 g/mol. The van der Waals surface area contributed by atoms with Crippen molar-refractivity contribution in [1.29, 1.82) is 0 Å². The van der Waals surface area contributed by atoms with Crippen molar-refractivity contribution >= 4 is 40.9 Å². The molecule has 4 rings (SSSR count). The Bertz CT molecular complexity index is 1770. The van der Waals surface area contributed by atoms with Gasteiger partial charge in [0.25, 0.3) is 0 Å². The lowest BCUT2D eigenvalue weighted by Crippen LogP contribution is -2.36. The van der Waals surface area contributed by atoms with Crippen LogP contribution in [0.2, 0.25) is 0 Å². The van der Waals surface area contributed by atoms with Gasteiger partial charge < -0.3 is 14.0 Å². The first-order chi connectivity index (χ1) is 21.0. The van der Waals surface area contributed by atoms with Gasteiger partial charge in [0, 0.05) is 4.70 Å². The first kappa shape index (κ1) is 34.0. The van der Waals surface area contributed by atoms with Crippen LogP contribution in [0.4, 0.5) is 26.3 Å². The lowest BCUT2D eigenvalue weighted by Gasteiger charge is -2.27. The number of para-hydroxylation sites is 1. The molecule has 0 saturated carbocycles. The van der Waals surface area contributed by atoms with Crippen molar-refractivity contribution in [3.05, 3.63) is 94.1 Å². The number of thiophene rings is 1. The molecule has 45 heavy (non-hydrogen) atoms. The molecule has 1 unspecified atom stereocenters. The van der Waals surface area contributed by atoms with E-state index in [4.69, 9.17) is 9.26 Å². The van der Waals surface area contributed by atoms with E-state index in [1.54, 1.807) is 18.2 Å². The summed E-state index contributed by atoms with van der Waals surface area (Å²) in [5, 5.41) is 2.64. The van der Waals surface area contributed by atoms with Crippen LogP contribution < -0.4 is 14.3 Å². The van der Waals surface area contributed by atoms with Gasteiger partial charge in [0.1, 0.15) is 16.7 Å². The maximum atomic E-state index is 16.2. The summed E-state index contributed by atoms with van der Waals surface area (Å²) < 4.78 is 114. The molecule has 1 heterocycles. The maximum absolute atomic E-state index is 16.2. The van der Waals surface area contributed by atoms with Gasteiger partial charge in [-0.2, -0.15) is 8.78 Å². The number of halogens is 6. The maximum Gasteiger partial charge on any atom is 0.355 e. The second-order valence-corrected chi connectivity index (χ2v) is 14.2. The van der Waals surface area contributed by atoms with E-state index in [-0.39, 0.29) is 33.6 Å². The molecule has 0 aliphatic rings. The highest BCUT2D eigenvalue weighted by Gasteiger charge is 2.41. The molecule has 0 bridgehead atoms. The van der Waals surface area contributed by atoms with E-state index < -0.39 is 66.2 Å². The first-order valence-corrected chi connectivity index (χ1v) is 15.7. The zero-order valence-corrected chi connectivity index (χ0v) is 25.8. The van der Waals surface area contributed by atoms with Crippen molar-refractivity contribution in [2.75, 3.05) is 6.61 Å². The number of rotatable bonds is 10. The predicted octanol–water partition coefficient (Wildman–Crippen LogP) is 8.62. The van der Waals surface area contributed by atoms with Crippen molar-refractivity contribution < 1.29 is 54.5 Å². The quantitative estimate of drug-likeness (QED) is 0.0450. The number of ether oxygens (including phenoxy) is 2. The zero-order valence-electron chi connectivity index (χ0n) is 24.1. The molecule has 15 heteroatoms. The minimum Gasteiger partial charge on any atom is -0.464 e. The van der Waals surface area contributed by atoms with Crippen LogP contribution >= 0.6 is 18.9 Å². The van der Waals surface area contributed by atoms with E-state index in [9.17, 15) is 36.1 Å². The van der Waals surface area contributed by atoms with E-state index in [2.05, 4.69) is 9.82 Å². The minimum atomic E-state index is -4.58. The lowest BCUT2D eigenvalue weighted by atomic mass is 9.99. The van der Waals surface area contributed by atoms with E-state index >= 15 is 4.39 Å². The standard InChI is InChI=1S/C30H26F6NO6PS/c1-15(28(38)41-14-30(2,3)4)37-44(40,43-18-8-6-5-7-9-18)27(36)16-10-11-19-17(12-16)13-20(45-19)29(39)42-26-24(34)22(32)21(31)23(33)25(26)35/h5-13,15,27H,14H2,1-4H3,(H,37,40)/t15-,27?,44+/m0/s1. The van der Waals surface area contributed by atoms with Gasteiger partial charge in [0.2, 0.25) is 40.7 Å². The lowest BCUT2D eigenvalue weighted by molar-refractivity contribution is -0.148. The van der Waals surface area contributed by atoms with Crippen LogP contribution in [0.3, 0.4) is 0 Å². The molecule has 240 valence electrons. The Balaban J connectivity index is 1.62. The summed E-state index contributed by atoms with van der Waals surface area (Å²) in [6, 6.07) is 11.4. The van der Waals surface area contributed by atoms with Gasteiger partial charge >= 0.3 is 19.5 Å². The van der Waals surface area contributed by atoms with Crippen LogP contribution in [0.1, 0.15) is 48.8 Å². The summed E-state index contributed by atoms with van der Waals surface area (Å²) in [5.41, 5.74) is -0.556. The Kier molecular flexibility index (Phi) is 10.0. The molecule has 1 aromatic heterocycles.